The maximum absolute atomic E-state index is 12.5. The van der Waals surface area contributed by atoms with Gasteiger partial charge in [-0.3, -0.25) is 4.79 Å². The van der Waals surface area contributed by atoms with E-state index in [2.05, 4.69) is 42.5 Å². The van der Waals surface area contributed by atoms with Gasteiger partial charge in [0.15, 0.2) is 0 Å². The molecular formula is C19H22N2O. The molecule has 0 spiro atoms. The van der Waals surface area contributed by atoms with E-state index in [0.717, 1.165) is 36.2 Å². The molecule has 22 heavy (non-hydrogen) atoms. The number of amides is 1. The van der Waals surface area contributed by atoms with Crippen LogP contribution in [-0.2, 0) is 0 Å². The molecule has 3 nitrogen and oxygen atoms in total. The zero-order valence-electron chi connectivity index (χ0n) is 13.2. The van der Waals surface area contributed by atoms with Crippen LogP contribution in [0.2, 0.25) is 0 Å². The van der Waals surface area contributed by atoms with Crippen LogP contribution in [0.4, 0.5) is 5.69 Å². The zero-order chi connectivity index (χ0) is 15.5. The second-order valence-electron chi connectivity index (χ2n) is 6.13. The molecule has 0 saturated carbocycles. The van der Waals surface area contributed by atoms with E-state index in [1.807, 2.05) is 30.3 Å². The largest absolute Gasteiger partial charge is 0.322 e. The van der Waals surface area contributed by atoms with Crippen molar-refractivity contribution in [2.45, 2.75) is 18.8 Å². The zero-order valence-corrected chi connectivity index (χ0v) is 13.2. The lowest BCUT2D eigenvalue weighted by Crippen LogP contribution is -2.14. The minimum atomic E-state index is -0.00170. The minimum Gasteiger partial charge on any atom is -0.322 e. The summed E-state index contributed by atoms with van der Waals surface area (Å²) in [6, 6.07) is 16.1. The van der Waals surface area contributed by atoms with E-state index in [1.165, 1.54) is 5.56 Å². The fourth-order valence-electron chi connectivity index (χ4n) is 3.20. The quantitative estimate of drug-likeness (QED) is 0.932. The highest BCUT2D eigenvalue weighted by molar-refractivity contribution is 6.07. The first kappa shape index (κ1) is 14.8. The molecule has 1 amide bonds. The van der Waals surface area contributed by atoms with Gasteiger partial charge in [-0.15, -0.1) is 0 Å². The Bertz CT molecular complexity index is 679. The van der Waals surface area contributed by atoms with Crippen LogP contribution in [0.15, 0.2) is 48.5 Å². The summed E-state index contributed by atoms with van der Waals surface area (Å²) in [5, 5.41) is 3.06. The predicted molar refractivity (Wildman–Crippen MR) is 90.5 cm³/mol. The van der Waals surface area contributed by atoms with Gasteiger partial charge in [-0.05, 0) is 56.7 Å². The van der Waals surface area contributed by atoms with E-state index in [4.69, 9.17) is 0 Å². The molecule has 3 heteroatoms. The summed E-state index contributed by atoms with van der Waals surface area (Å²) in [6.07, 6.45) is 2.15. The minimum absolute atomic E-state index is 0.00170. The van der Waals surface area contributed by atoms with Gasteiger partial charge in [-0.2, -0.15) is 0 Å². The first-order valence-electron chi connectivity index (χ1n) is 7.81. The van der Waals surface area contributed by atoms with Crippen LogP contribution in [0.1, 0.15) is 40.2 Å². The van der Waals surface area contributed by atoms with Crippen LogP contribution in [0.25, 0.3) is 0 Å². The number of anilines is 1. The van der Waals surface area contributed by atoms with Crippen molar-refractivity contribution in [3.8, 4) is 0 Å². The Morgan fingerprint density at radius 3 is 2.45 bits per heavy atom. The number of para-hydroxylation sites is 1. The molecule has 2 aromatic rings. The third-order valence-corrected chi connectivity index (χ3v) is 4.26. The molecule has 0 fully saturated rings. The van der Waals surface area contributed by atoms with E-state index < -0.39 is 0 Å². The van der Waals surface area contributed by atoms with Gasteiger partial charge in [-0.25, -0.2) is 0 Å². The monoisotopic (exact) mass is 294 g/mol. The van der Waals surface area contributed by atoms with Gasteiger partial charge in [0.25, 0.3) is 5.91 Å². The molecule has 1 heterocycles. The molecular weight excluding hydrogens is 272 g/mol. The Kier molecular flexibility index (Phi) is 4.25. The number of hydrogen-bond acceptors (Lipinski definition) is 2. The Morgan fingerprint density at radius 1 is 1.00 bits per heavy atom. The fraction of sp³-hybridized carbons (Fsp3) is 0.316. The maximum atomic E-state index is 12.5. The summed E-state index contributed by atoms with van der Waals surface area (Å²) < 4.78 is 0. The molecule has 0 radical (unpaired) electrons. The summed E-state index contributed by atoms with van der Waals surface area (Å²) in [5.41, 5.74) is 4.11. The lowest BCUT2D eigenvalue weighted by Gasteiger charge is -2.20. The summed E-state index contributed by atoms with van der Waals surface area (Å²) >= 11 is 0. The second kappa shape index (κ2) is 6.32. The van der Waals surface area contributed by atoms with Gasteiger partial charge in [0.2, 0.25) is 0 Å². The molecule has 0 aromatic heterocycles. The Balaban J connectivity index is 2.02. The summed E-state index contributed by atoms with van der Waals surface area (Å²) in [7, 11) is 4.19. The van der Waals surface area contributed by atoms with Crippen LogP contribution in [0.3, 0.4) is 0 Å². The number of nitrogens with zero attached hydrogens (tertiary/aromatic N) is 1. The number of fused-ring (bicyclic) bond motifs is 2. The van der Waals surface area contributed by atoms with Gasteiger partial charge in [0, 0.05) is 17.2 Å². The van der Waals surface area contributed by atoms with Crippen molar-refractivity contribution >= 4 is 11.6 Å². The fourth-order valence-corrected chi connectivity index (χ4v) is 3.20. The van der Waals surface area contributed by atoms with Gasteiger partial charge < -0.3 is 10.2 Å². The highest BCUT2D eigenvalue weighted by Gasteiger charge is 2.26. The molecule has 0 bridgehead atoms. The molecule has 1 aliphatic rings. The molecule has 1 aliphatic heterocycles. The van der Waals surface area contributed by atoms with Crippen molar-refractivity contribution in [2.24, 2.45) is 0 Å². The standard InChI is InChI=1S/C19H22N2O/c1-21(2)13-7-11-14-15-8-3-4-10-17(15)19(22)20-18-12-6-5-9-16(14)18/h3-6,8-10,12,14H,7,11,13H2,1-2H3,(H,20,22). The highest BCUT2D eigenvalue weighted by atomic mass is 16.1. The van der Waals surface area contributed by atoms with Crippen LogP contribution >= 0.6 is 0 Å². The van der Waals surface area contributed by atoms with Crippen LogP contribution in [0.5, 0.6) is 0 Å². The third kappa shape index (κ3) is 2.90. The Labute approximate surface area is 132 Å². The average molecular weight is 294 g/mol. The first-order valence-corrected chi connectivity index (χ1v) is 7.81. The Hall–Kier alpha value is -2.13. The average Bonchev–Trinajstić information content (AvgIpc) is 2.63. The molecule has 1 atom stereocenters. The summed E-state index contributed by atoms with van der Waals surface area (Å²) in [4.78, 5) is 14.7. The van der Waals surface area contributed by atoms with Crippen molar-refractivity contribution in [1.29, 1.82) is 0 Å². The van der Waals surface area contributed by atoms with E-state index in [9.17, 15) is 4.79 Å². The van der Waals surface area contributed by atoms with Crippen molar-refractivity contribution in [1.82, 2.24) is 4.90 Å². The topological polar surface area (TPSA) is 32.3 Å². The van der Waals surface area contributed by atoms with Crippen molar-refractivity contribution < 1.29 is 4.79 Å². The molecule has 1 unspecified atom stereocenters. The second-order valence-corrected chi connectivity index (χ2v) is 6.13. The van der Waals surface area contributed by atoms with E-state index in [-0.39, 0.29) is 11.8 Å². The van der Waals surface area contributed by atoms with Gasteiger partial charge in [-0.1, -0.05) is 36.4 Å². The number of hydrogen-bond donors (Lipinski definition) is 1. The molecule has 2 aromatic carbocycles. The molecule has 3 rings (SSSR count). The lowest BCUT2D eigenvalue weighted by molar-refractivity contribution is 0.102. The number of carbonyl (C=O) groups is 1. The number of carbonyl (C=O) groups excluding carboxylic acids is 1. The van der Waals surface area contributed by atoms with Crippen LogP contribution < -0.4 is 5.32 Å². The SMILES string of the molecule is CN(C)CCCC1c2ccccc2NC(=O)c2ccccc21. The predicted octanol–water partition coefficient (Wildman–Crippen LogP) is 3.73. The maximum Gasteiger partial charge on any atom is 0.255 e. The summed E-state index contributed by atoms with van der Waals surface area (Å²) in [6.45, 7) is 1.06. The Morgan fingerprint density at radius 2 is 1.68 bits per heavy atom. The third-order valence-electron chi connectivity index (χ3n) is 4.26. The molecule has 0 saturated heterocycles. The summed E-state index contributed by atoms with van der Waals surface area (Å²) in [5.74, 6) is 0.268. The van der Waals surface area contributed by atoms with Crippen LogP contribution in [-0.4, -0.2) is 31.4 Å². The van der Waals surface area contributed by atoms with E-state index in [1.54, 1.807) is 0 Å². The van der Waals surface area contributed by atoms with E-state index >= 15 is 0 Å². The number of nitrogens with one attached hydrogen (secondary N) is 1. The molecule has 0 aliphatic carbocycles. The smallest absolute Gasteiger partial charge is 0.255 e. The number of benzene rings is 2. The first-order chi connectivity index (χ1) is 10.7. The van der Waals surface area contributed by atoms with Gasteiger partial charge >= 0.3 is 0 Å². The van der Waals surface area contributed by atoms with Crippen molar-refractivity contribution in [2.75, 3.05) is 26.0 Å². The van der Waals surface area contributed by atoms with Crippen LogP contribution in [0, 0.1) is 0 Å². The highest BCUT2D eigenvalue weighted by Crippen LogP contribution is 2.38. The molecule has 114 valence electrons. The normalized spacial score (nSPS) is 16.7. The molecule has 1 N–H and O–H groups in total. The lowest BCUT2D eigenvalue weighted by atomic mass is 9.85. The van der Waals surface area contributed by atoms with Crippen molar-refractivity contribution in [3.63, 3.8) is 0 Å². The van der Waals surface area contributed by atoms with Crippen molar-refractivity contribution in [3.05, 3.63) is 65.2 Å². The van der Waals surface area contributed by atoms with E-state index in [0.29, 0.717) is 0 Å². The number of rotatable bonds is 4. The van der Waals surface area contributed by atoms with Gasteiger partial charge in [0.1, 0.15) is 0 Å². The van der Waals surface area contributed by atoms with Gasteiger partial charge in [0.05, 0.1) is 0 Å².